The van der Waals surface area contributed by atoms with Crippen LogP contribution in [0, 0.1) is 0 Å². The second kappa shape index (κ2) is 8.65. The number of nitrogens with zero attached hydrogens (tertiary/aromatic N) is 2. The fourth-order valence-corrected chi connectivity index (χ4v) is 3.53. The number of carbonyl (C=O) groups excluding carboxylic acids is 1. The van der Waals surface area contributed by atoms with Gasteiger partial charge >= 0.3 is 12.0 Å². The van der Waals surface area contributed by atoms with Crippen LogP contribution in [0.2, 0.25) is 0 Å². The van der Waals surface area contributed by atoms with Crippen molar-refractivity contribution in [3.05, 3.63) is 72.3 Å². The van der Waals surface area contributed by atoms with Gasteiger partial charge in [-0.15, -0.1) is 0 Å². The average molecular weight is 402 g/mol. The molecule has 0 atom stereocenters. The maximum Gasteiger partial charge on any atom is 0.337 e. The Hall–Kier alpha value is -3.87. The number of nitrogens with one attached hydrogen (secondary N) is 2. The molecule has 1 saturated heterocycles. The van der Waals surface area contributed by atoms with Gasteiger partial charge in [-0.05, 0) is 49.2 Å². The van der Waals surface area contributed by atoms with Crippen LogP contribution in [0.25, 0.3) is 11.3 Å². The quantitative estimate of drug-likeness (QED) is 0.575. The summed E-state index contributed by atoms with van der Waals surface area (Å²) >= 11 is 0. The molecule has 0 saturated carbocycles. The van der Waals surface area contributed by atoms with Gasteiger partial charge in [-0.3, -0.25) is 0 Å². The van der Waals surface area contributed by atoms with E-state index < -0.39 is 12.0 Å². The summed E-state index contributed by atoms with van der Waals surface area (Å²) in [7, 11) is 0. The van der Waals surface area contributed by atoms with Crippen LogP contribution < -0.4 is 15.5 Å². The van der Waals surface area contributed by atoms with Crippen molar-refractivity contribution in [2.75, 3.05) is 28.6 Å². The molecule has 1 aliphatic heterocycles. The third-order valence-corrected chi connectivity index (χ3v) is 4.99. The van der Waals surface area contributed by atoms with Crippen molar-refractivity contribution in [1.82, 2.24) is 4.98 Å². The molecule has 152 valence electrons. The summed E-state index contributed by atoms with van der Waals surface area (Å²) in [5, 5.41) is 14.6. The number of carboxylic acid groups (broad SMARTS) is 1. The number of rotatable bonds is 5. The number of amides is 2. The van der Waals surface area contributed by atoms with E-state index in [2.05, 4.69) is 15.5 Å². The highest BCUT2D eigenvalue weighted by Crippen LogP contribution is 2.25. The normalized spacial score (nSPS) is 13.1. The Balaban J connectivity index is 1.50. The zero-order valence-corrected chi connectivity index (χ0v) is 16.3. The van der Waals surface area contributed by atoms with Gasteiger partial charge in [0.15, 0.2) is 0 Å². The molecular weight excluding hydrogens is 380 g/mol. The number of urea groups is 1. The second-order valence-electron chi connectivity index (χ2n) is 7.09. The minimum Gasteiger partial charge on any atom is -0.478 e. The van der Waals surface area contributed by atoms with E-state index in [1.54, 1.807) is 24.3 Å². The van der Waals surface area contributed by atoms with E-state index >= 15 is 0 Å². The highest BCUT2D eigenvalue weighted by molar-refractivity contribution is 6.04. The molecule has 7 heteroatoms. The van der Waals surface area contributed by atoms with Crippen LogP contribution in [0.5, 0.6) is 0 Å². The van der Waals surface area contributed by atoms with Crippen LogP contribution in [0.4, 0.5) is 22.0 Å². The Morgan fingerprint density at radius 1 is 0.900 bits per heavy atom. The molecule has 4 rings (SSSR count). The van der Waals surface area contributed by atoms with Crippen molar-refractivity contribution in [2.45, 2.75) is 12.8 Å². The summed E-state index contributed by atoms with van der Waals surface area (Å²) < 4.78 is 0. The first kappa shape index (κ1) is 19.4. The van der Waals surface area contributed by atoms with Crippen molar-refractivity contribution >= 4 is 29.2 Å². The van der Waals surface area contributed by atoms with Gasteiger partial charge in [0.25, 0.3) is 0 Å². The van der Waals surface area contributed by atoms with Gasteiger partial charge in [-0.2, -0.15) is 0 Å². The Morgan fingerprint density at radius 2 is 1.67 bits per heavy atom. The lowest BCUT2D eigenvalue weighted by molar-refractivity contribution is 0.0698. The van der Waals surface area contributed by atoms with Gasteiger partial charge in [0, 0.05) is 24.3 Å². The zero-order valence-electron chi connectivity index (χ0n) is 16.3. The molecule has 0 unspecified atom stereocenters. The second-order valence-corrected chi connectivity index (χ2v) is 7.09. The Bertz CT molecular complexity index is 1080. The van der Waals surface area contributed by atoms with Crippen LogP contribution in [0.15, 0.2) is 66.7 Å². The molecule has 7 nitrogen and oxygen atoms in total. The van der Waals surface area contributed by atoms with Crippen LogP contribution >= 0.6 is 0 Å². The van der Waals surface area contributed by atoms with Crippen LogP contribution in [-0.4, -0.2) is 35.2 Å². The molecule has 1 aliphatic rings. The molecule has 1 fully saturated rings. The molecule has 2 heterocycles. The number of para-hydroxylation sites is 1. The first-order valence-electron chi connectivity index (χ1n) is 9.83. The van der Waals surface area contributed by atoms with Crippen molar-refractivity contribution in [2.24, 2.45) is 0 Å². The van der Waals surface area contributed by atoms with Crippen molar-refractivity contribution < 1.29 is 14.7 Å². The Labute approximate surface area is 174 Å². The molecule has 0 radical (unpaired) electrons. The van der Waals surface area contributed by atoms with Gasteiger partial charge in [-0.25, -0.2) is 14.6 Å². The number of aromatic carboxylic acids is 1. The zero-order chi connectivity index (χ0) is 20.9. The molecule has 0 aliphatic carbocycles. The topological polar surface area (TPSA) is 94.6 Å². The third kappa shape index (κ3) is 4.41. The first-order chi connectivity index (χ1) is 14.6. The molecule has 30 heavy (non-hydrogen) atoms. The fraction of sp³-hybridized carbons (Fsp3) is 0.174. The maximum absolute atomic E-state index is 12.4. The van der Waals surface area contributed by atoms with Crippen molar-refractivity contribution in [3.8, 4) is 11.3 Å². The van der Waals surface area contributed by atoms with Crippen LogP contribution in [0.3, 0.4) is 0 Å². The number of pyridine rings is 1. The number of anilines is 3. The van der Waals surface area contributed by atoms with Crippen molar-refractivity contribution in [3.63, 3.8) is 0 Å². The van der Waals surface area contributed by atoms with E-state index in [4.69, 9.17) is 4.98 Å². The maximum atomic E-state index is 12.4. The number of benzene rings is 2. The van der Waals surface area contributed by atoms with E-state index in [0.29, 0.717) is 5.69 Å². The van der Waals surface area contributed by atoms with Gasteiger partial charge in [0.2, 0.25) is 0 Å². The monoisotopic (exact) mass is 402 g/mol. The molecule has 1 aromatic heterocycles. The van der Waals surface area contributed by atoms with Crippen LogP contribution in [0.1, 0.15) is 23.2 Å². The summed E-state index contributed by atoms with van der Waals surface area (Å²) in [4.78, 5) is 30.8. The molecule has 0 spiro atoms. The lowest BCUT2D eigenvalue weighted by atomic mass is 10.1. The van der Waals surface area contributed by atoms with E-state index in [0.717, 1.165) is 30.2 Å². The third-order valence-electron chi connectivity index (χ3n) is 4.99. The number of hydrogen-bond acceptors (Lipinski definition) is 4. The summed E-state index contributed by atoms with van der Waals surface area (Å²) in [6.45, 7) is 2.05. The average Bonchev–Trinajstić information content (AvgIpc) is 3.29. The highest BCUT2D eigenvalue weighted by Gasteiger charge is 2.15. The van der Waals surface area contributed by atoms with Gasteiger partial charge in [-0.1, -0.05) is 30.3 Å². The smallest absolute Gasteiger partial charge is 0.337 e. The molecule has 3 N–H and O–H groups in total. The minimum absolute atomic E-state index is 0.0318. The number of carbonyl (C=O) groups is 2. The Morgan fingerprint density at radius 3 is 2.47 bits per heavy atom. The fourth-order valence-electron chi connectivity index (χ4n) is 3.53. The summed E-state index contributed by atoms with van der Waals surface area (Å²) in [5.74, 6) is -0.136. The van der Waals surface area contributed by atoms with Gasteiger partial charge < -0.3 is 20.6 Å². The summed E-state index contributed by atoms with van der Waals surface area (Å²) in [5.41, 5.74) is 2.58. The van der Waals surface area contributed by atoms with Crippen LogP contribution in [-0.2, 0) is 0 Å². The SMILES string of the molecule is O=C(Nc1cccc(-c2cccc(N3CCCC3)n2)c1)Nc1ccccc1C(=O)O. The molecule has 3 aromatic rings. The molecular formula is C23H22N4O3. The largest absolute Gasteiger partial charge is 0.478 e. The number of hydrogen-bond donors (Lipinski definition) is 3. The van der Waals surface area contributed by atoms with Gasteiger partial charge in [0.1, 0.15) is 5.82 Å². The number of carboxylic acids is 1. The molecule has 2 aromatic carbocycles. The van der Waals surface area contributed by atoms with E-state index in [1.165, 1.54) is 18.9 Å². The first-order valence-corrected chi connectivity index (χ1v) is 9.83. The standard InChI is InChI=1S/C23H22N4O3/c28-22(29)18-9-1-2-10-20(18)26-23(30)24-17-8-5-7-16(15-17)19-11-6-12-21(25-19)27-13-3-4-14-27/h1-2,5-12,15H,3-4,13-14H2,(H,28,29)(H2,24,26,30). The molecule has 2 amide bonds. The van der Waals surface area contributed by atoms with E-state index in [-0.39, 0.29) is 11.3 Å². The minimum atomic E-state index is -1.10. The van der Waals surface area contributed by atoms with Crippen molar-refractivity contribution in [1.29, 1.82) is 0 Å². The van der Waals surface area contributed by atoms with E-state index in [9.17, 15) is 14.7 Å². The van der Waals surface area contributed by atoms with E-state index in [1.807, 2.05) is 36.4 Å². The summed E-state index contributed by atoms with van der Waals surface area (Å²) in [6, 6.07) is 19.1. The lowest BCUT2D eigenvalue weighted by Gasteiger charge is -2.17. The predicted molar refractivity (Wildman–Crippen MR) is 117 cm³/mol. The summed E-state index contributed by atoms with van der Waals surface area (Å²) in [6.07, 6.45) is 2.37. The lowest BCUT2D eigenvalue weighted by Crippen LogP contribution is -2.21. The predicted octanol–water partition coefficient (Wildman–Crippen LogP) is 4.69. The highest BCUT2D eigenvalue weighted by atomic mass is 16.4. The molecule has 0 bridgehead atoms. The van der Waals surface area contributed by atoms with Gasteiger partial charge in [0.05, 0.1) is 16.9 Å². The number of aromatic nitrogens is 1. The Kier molecular flexibility index (Phi) is 5.61.